The minimum absolute atomic E-state index is 0.169. The summed E-state index contributed by atoms with van der Waals surface area (Å²) >= 11 is 0. The molecule has 120 valence electrons. The van der Waals surface area contributed by atoms with Crippen LogP contribution in [0.25, 0.3) is 0 Å². The van der Waals surface area contributed by atoms with Crippen molar-refractivity contribution in [3.05, 3.63) is 66.2 Å². The molecule has 0 saturated carbocycles. The quantitative estimate of drug-likeness (QED) is 0.779. The number of hydrogen-bond donors (Lipinski definition) is 1. The van der Waals surface area contributed by atoms with E-state index in [1.807, 2.05) is 44.2 Å². The molecule has 0 spiro atoms. The third-order valence-electron chi connectivity index (χ3n) is 3.20. The van der Waals surface area contributed by atoms with Gasteiger partial charge in [0.2, 0.25) is 0 Å². The van der Waals surface area contributed by atoms with Crippen molar-refractivity contribution in [2.24, 2.45) is 0 Å². The number of amides is 1. The van der Waals surface area contributed by atoms with Crippen molar-refractivity contribution >= 4 is 11.6 Å². The van der Waals surface area contributed by atoms with E-state index < -0.39 is 0 Å². The smallest absolute Gasteiger partial charge is 0.255 e. The minimum Gasteiger partial charge on any atom is -0.494 e. The Balaban J connectivity index is 2.09. The lowest BCUT2D eigenvalue weighted by Gasteiger charge is -2.10. The highest BCUT2D eigenvalue weighted by molar-refractivity contribution is 6.04. The van der Waals surface area contributed by atoms with Crippen molar-refractivity contribution in [2.45, 2.75) is 13.8 Å². The average molecular weight is 311 g/mol. The van der Waals surface area contributed by atoms with Gasteiger partial charge in [-0.15, -0.1) is 0 Å². The molecule has 2 rings (SSSR count). The van der Waals surface area contributed by atoms with Crippen molar-refractivity contribution in [3.63, 3.8) is 0 Å². The minimum atomic E-state index is -0.169. The third kappa shape index (κ3) is 4.61. The van der Waals surface area contributed by atoms with E-state index in [4.69, 9.17) is 9.47 Å². The van der Waals surface area contributed by atoms with Gasteiger partial charge in [-0.25, -0.2) is 0 Å². The van der Waals surface area contributed by atoms with Crippen LogP contribution in [-0.4, -0.2) is 19.1 Å². The van der Waals surface area contributed by atoms with Crippen molar-refractivity contribution in [3.8, 4) is 11.5 Å². The maximum Gasteiger partial charge on any atom is 0.255 e. The van der Waals surface area contributed by atoms with E-state index >= 15 is 0 Å². The number of carbonyl (C=O) groups is 1. The molecule has 23 heavy (non-hydrogen) atoms. The van der Waals surface area contributed by atoms with Gasteiger partial charge in [-0.05, 0) is 49.7 Å². The van der Waals surface area contributed by atoms with E-state index in [-0.39, 0.29) is 5.91 Å². The molecule has 2 aromatic rings. The lowest BCUT2D eigenvalue weighted by Crippen LogP contribution is -2.12. The highest BCUT2D eigenvalue weighted by Crippen LogP contribution is 2.21. The number of carbonyl (C=O) groups excluding carboxylic acids is 1. The predicted molar refractivity (Wildman–Crippen MR) is 92.4 cm³/mol. The standard InChI is InChI=1S/C19H21NO3/c1-4-11-23-17-8-6-7-16(13-17)20-19(21)15-9-10-18(22-5-2)14(3)12-15/h4,6-10,12-13H,1,5,11H2,2-3H3,(H,20,21). The van der Waals surface area contributed by atoms with Gasteiger partial charge in [-0.1, -0.05) is 18.7 Å². The fourth-order valence-corrected chi connectivity index (χ4v) is 2.13. The van der Waals surface area contributed by atoms with Crippen molar-refractivity contribution < 1.29 is 14.3 Å². The second-order valence-corrected chi connectivity index (χ2v) is 4.99. The van der Waals surface area contributed by atoms with Gasteiger partial charge >= 0.3 is 0 Å². The van der Waals surface area contributed by atoms with E-state index in [2.05, 4.69) is 11.9 Å². The van der Waals surface area contributed by atoms with E-state index in [0.29, 0.717) is 30.2 Å². The molecule has 0 aliphatic rings. The SMILES string of the molecule is C=CCOc1cccc(NC(=O)c2ccc(OCC)c(C)c2)c1. The first-order valence-corrected chi connectivity index (χ1v) is 7.52. The molecule has 1 amide bonds. The second-order valence-electron chi connectivity index (χ2n) is 4.99. The van der Waals surface area contributed by atoms with Crippen LogP contribution in [0.2, 0.25) is 0 Å². The Hall–Kier alpha value is -2.75. The van der Waals surface area contributed by atoms with E-state index in [9.17, 15) is 4.79 Å². The van der Waals surface area contributed by atoms with Gasteiger partial charge in [0.25, 0.3) is 5.91 Å². The summed E-state index contributed by atoms with van der Waals surface area (Å²) in [5.74, 6) is 1.31. The topological polar surface area (TPSA) is 47.6 Å². The van der Waals surface area contributed by atoms with Gasteiger partial charge in [-0.2, -0.15) is 0 Å². The number of benzene rings is 2. The Labute approximate surface area is 136 Å². The van der Waals surface area contributed by atoms with Crippen molar-refractivity contribution in [2.75, 3.05) is 18.5 Å². The van der Waals surface area contributed by atoms with Crippen LogP contribution in [0.4, 0.5) is 5.69 Å². The van der Waals surface area contributed by atoms with Gasteiger partial charge in [0, 0.05) is 17.3 Å². The Bertz CT molecular complexity index is 695. The summed E-state index contributed by atoms with van der Waals surface area (Å²) in [6.07, 6.45) is 1.67. The summed E-state index contributed by atoms with van der Waals surface area (Å²) in [5, 5.41) is 2.87. The first kappa shape index (κ1) is 16.6. The number of hydrogen-bond acceptors (Lipinski definition) is 3. The molecule has 0 bridgehead atoms. The first-order chi connectivity index (χ1) is 11.1. The maximum atomic E-state index is 12.4. The molecule has 0 unspecified atom stereocenters. The van der Waals surface area contributed by atoms with Crippen LogP contribution in [0.1, 0.15) is 22.8 Å². The van der Waals surface area contributed by atoms with Gasteiger partial charge in [0.15, 0.2) is 0 Å². The molecule has 1 N–H and O–H groups in total. The number of aryl methyl sites for hydroxylation is 1. The highest BCUT2D eigenvalue weighted by atomic mass is 16.5. The molecule has 0 aliphatic carbocycles. The van der Waals surface area contributed by atoms with Crippen LogP contribution in [0, 0.1) is 6.92 Å². The molecule has 4 heteroatoms. The molecule has 0 radical (unpaired) electrons. The van der Waals surface area contributed by atoms with E-state index in [1.54, 1.807) is 18.2 Å². The summed E-state index contributed by atoms with van der Waals surface area (Å²) in [7, 11) is 0. The number of ether oxygens (including phenoxy) is 2. The Morgan fingerprint density at radius 3 is 2.74 bits per heavy atom. The monoisotopic (exact) mass is 311 g/mol. The van der Waals surface area contributed by atoms with Crippen LogP contribution < -0.4 is 14.8 Å². The van der Waals surface area contributed by atoms with Crippen LogP contribution in [0.15, 0.2) is 55.1 Å². The molecule has 0 heterocycles. The zero-order valence-electron chi connectivity index (χ0n) is 13.5. The lowest BCUT2D eigenvalue weighted by atomic mass is 10.1. The average Bonchev–Trinajstić information content (AvgIpc) is 2.55. The summed E-state index contributed by atoms with van der Waals surface area (Å²) in [6, 6.07) is 12.7. The molecule has 2 aromatic carbocycles. The Morgan fingerprint density at radius 1 is 1.22 bits per heavy atom. The van der Waals surface area contributed by atoms with Gasteiger partial charge in [-0.3, -0.25) is 4.79 Å². The first-order valence-electron chi connectivity index (χ1n) is 7.52. The molecule has 0 aliphatic heterocycles. The van der Waals surface area contributed by atoms with Crippen molar-refractivity contribution in [1.82, 2.24) is 0 Å². The van der Waals surface area contributed by atoms with E-state index in [0.717, 1.165) is 11.3 Å². The summed E-state index contributed by atoms with van der Waals surface area (Å²) in [5.41, 5.74) is 2.20. The number of rotatable bonds is 7. The number of nitrogens with one attached hydrogen (secondary N) is 1. The molecule has 4 nitrogen and oxygen atoms in total. The molecular weight excluding hydrogens is 290 g/mol. The molecule has 0 atom stereocenters. The van der Waals surface area contributed by atoms with Crippen LogP contribution >= 0.6 is 0 Å². The fraction of sp³-hybridized carbons (Fsp3) is 0.211. The second kappa shape index (κ2) is 8.03. The lowest BCUT2D eigenvalue weighted by molar-refractivity contribution is 0.102. The summed E-state index contributed by atoms with van der Waals surface area (Å²) < 4.78 is 10.9. The molecule has 0 saturated heterocycles. The van der Waals surface area contributed by atoms with Gasteiger partial charge < -0.3 is 14.8 Å². The highest BCUT2D eigenvalue weighted by Gasteiger charge is 2.09. The molecule has 0 fully saturated rings. The van der Waals surface area contributed by atoms with Crippen LogP contribution in [0.5, 0.6) is 11.5 Å². The van der Waals surface area contributed by atoms with Crippen molar-refractivity contribution in [1.29, 1.82) is 0 Å². The Kier molecular flexibility index (Phi) is 5.80. The number of anilines is 1. The van der Waals surface area contributed by atoms with E-state index in [1.165, 1.54) is 0 Å². The Morgan fingerprint density at radius 2 is 2.04 bits per heavy atom. The zero-order chi connectivity index (χ0) is 16.7. The largest absolute Gasteiger partial charge is 0.494 e. The van der Waals surface area contributed by atoms with Gasteiger partial charge in [0.1, 0.15) is 18.1 Å². The summed E-state index contributed by atoms with van der Waals surface area (Å²) in [6.45, 7) is 8.49. The van der Waals surface area contributed by atoms with Gasteiger partial charge in [0.05, 0.1) is 6.61 Å². The zero-order valence-corrected chi connectivity index (χ0v) is 13.5. The fourth-order valence-electron chi connectivity index (χ4n) is 2.13. The summed E-state index contributed by atoms with van der Waals surface area (Å²) in [4.78, 5) is 12.4. The molecular formula is C19H21NO3. The predicted octanol–water partition coefficient (Wildman–Crippen LogP) is 4.21. The van der Waals surface area contributed by atoms with Crippen LogP contribution in [-0.2, 0) is 0 Å². The molecule has 0 aromatic heterocycles. The normalized spacial score (nSPS) is 10.0. The maximum absolute atomic E-state index is 12.4. The third-order valence-corrected chi connectivity index (χ3v) is 3.20. The van der Waals surface area contributed by atoms with Crippen LogP contribution in [0.3, 0.4) is 0 Å².